The van der Waals surface area contributed by atoms with Gasteiger partial charge in [-0.25, -0.2) is 4.98 Å². The van der Waals surface area contributed by atoms with E-state index in [1.54, 1.807) is 30.3 Å². The minimum Gasteiger partial charge on any atom is -0.337 e. The minimum atomic E-state index is -4.43. The van der Waals surface area contributed by atoms with E-state index in [0.29, 0.717) is 5.56 Å². The second kappa shape index (κ2) is 4.21. The van der Waals surface area contributed by atoms with E-state index in [2.05, 4.69) is 9.97 Å². The Labute approximate surface area is 95.5 Å². The van der Waals surface area contributed by atoms with Crippen LogP contribution in [0.2, 0.25) is 0 Å². The number of nitrogens with zero attached hydrogens (tertiary/aromatic N) is 1. The third kappa shape index (κ3) is 2.47. The van der Waals surface area contributed by atoms with Gasteiger partial charge in [-0.2, -0.15) is 13.2 Å². The maximum Gasteiger partial charge on any atom is 0.432 e. The van der Waals surface area contributed by atoms with Crippen LogP contribution < -0.4 is 5.73 Å². The standard InChI is InChI=1S/C11H10F3N3/c12-11(13,14)8-6-16-10(17-8)9(15)7-4-2-1-3-5-7/h1-6,9H,15H2,(H,16,17)/t9-/m0/s1. The van der Waals surface area contributed by atoms with Crippen molar-refractivity contribution in [3.63, 3.8) is 0 Å². The fourth-order valence-electron chi connectivity index (χ4n) is 1.46. The van der Waals surface area contributed by atoms with Crippen LogP contribution in [0.4, 0.5) is 13.2 Å². The van der Waals surface area contributed by atoms with Gasteiger partial charge in [0.25, 0.3) is 0 Å². The highest BCUT2D eigenvalue weighted by molar-refractivity contribution is 5.25. The average Bonchev–Trinajstić information content (AvgIpc) is 2.78. The lowest BCUT2D eigenvalue weighted by molar-refractivity contribution is -0.140. The second-order valence-corrected chi connectivity index (χ2v) is 3.57. The molecule has 0 saturated carbocycles. The predicted octanol–water partition coefficient (Wildman–Crippen LogP) is 2.48. The highest BCUT2D eigenvalue weighted by atomic mass is 19.4. The molecule has 3 nitrogen and oxygen atoms in total. The molecule has 2 aromatic rings. The maximum absolute atomic E-state index is 12.4. The molecule has 2 rings (SSSR count). The zero-order valence-corrected chi connectivity index (χ0v) is 8.70. The topological polar surface area (TPSA) is 54.7 Å². The van der Waals surface area contributed by atoms with Gasteiger partial charge in [0.15, 0.2) is 0 Å². The van der Waals surface area contributed by atoms with Crippen molar-refractivity contribution in [1.29, 1.82) is 0 Å². The Kier molecular flexibility index (Phi) is 2.89. The van der Waals surface area contributed by atoms with Gasteiger partial charge in [-0.15, -0.1) is 0 Å². The first-order chi connectivity index (χ1) is 7.98. The molecule has 0 radical (unpaired) electrons. The van der Waals surface area contributed by atoms with E-state index in [4.69, 9.17) is 5.73 Å². The van der Waals surface area contributed by atoms with Gasteiger partial charge in [-0.3, -0.25) is 0 Å². The first-order valence-electron chi connectivity index (χ1n) is 4.91. The summed E-state index contributed by atoms with van der Waals surface area (Å²) in [4.78, 5) is 5.85. The van der Waals surface area contributed by atoms with Crippen molar-refractivity contribution in [2.24, 2.45) is 5.73 Å². The van der Waals surface area contributed by atoms with Crippen molar-refractivity contribution in [3.8, 4) is 0 Å². The summed E-state index contributed by atoms with van der Waals surface area (Å²) in [6.07, 6.45) is -3.68. The lowest BCUT2D eigenvalue weighted by Crippen LogP contribution is -2.14. The number of aromatic nitrogens is 2. The summed E-state index contributed by atoms with van der Waals surface area (Å²) in [6, 6.07) is 8.12. The number of alkyl halides is 3. The summed E-state index contributed by atoms with van der Waals surface area (Å²) in [5, 5.41) is 0. The Morgan fingerprint density at radius 3 is 2.35 bits per heavy atom. The van der Waals surface area contributed by atoms with Gasteiger partial charge in [-0.1, -0.05) is 30.3 Å². The fraction of sp³-hybridized carbons (Fsp3) is 0.182. The van der Waals surface area contributed by atoms with Crippen molar-refractivity contribution in [1.82, 2.24) is 9.97 Å². The summed E-state index contributed by atoms with van der Waals surface area (Å²) in [5.41, 5.74) is 5.63. The normalized spacial score (nSPS) is 13.6. The molecule has 0 saturated heterocycles. The maximum atomic E-state index is 12.4. The Morgan fingerprint density at radius 1 is 1.18 bits per heavy atom. The highest BCUT2D eigenvalue weighted by Gasteiger charge is 2.33. The van der Waals surface area contributed by atoms with Gasteiger partial charge in [0.1, 0.15) is 11.5 Å². The molecule has 0 fully saturated rings. The summed E-state index contributed by atoms with van der Waals surface area (Å²) in [6.45, 7) is 0. The van der Waals surface area contributed by atoms with Crippen LogP contribution in [-0.2, 0) is 6.18 Å². The lowest BCUT2D eigenvalue weighted by Gasteiger charge is -2.09. The van der Waals surface area contributed by atoms with Crippen LogP contribution >= 0.6 is 0 Å². The average molecular weight is 241 g/mol. The molecule has 1 aromatic carbocycles. The lowest BCUT2D eigenvalue weighted by atomic mass is 10.1. The van der Waals surface area contributed by atoms with Crippen LogP contribution in [0.1, 0.15) is 23.1 Å². The Hall–Kier alpha value is -1.82. The molecule has 6 heteroatoms. The molecule has 90 valence electrons. The third-order valence-corrected chi connectivity index (χ3v) is 2.35. The van der Waals surface area contributed by atoms with Crippen molar-refractivity contribution < 1.29 is 13.2 Å². The molecule has 0 aliphatic rings. The zero-order chi connectivity index (χ0) is 12.5. The second-order valence-electron chi connectivity index (χ2n) is 3.57. The number of nitrogens with one attached hydrogen (secondary N) is 1. The molecule has 1 heterocycles. The molecule has 0 bridgehead atoms. The molecule has 3 N–H and O–H groups in total. The smallest absolute Gasteiger partial charge is 0.337 e. The first-order valence-corrected chi connectivity index (χ1v) is 4.91. The van der Waals surface area contributed by atoms with Crippen LogP contribution in [0.3, 0.4) is 0 Å². The highest BCUT2D eigenvalue weighted by Crippen LogP contribution is 2.28. The van der Waals surface area contributed by atoms with Crippen molar-refractivity contribution in [2.75, 3.05) is 0 Å². The van der Waals surface area contributed by atoms with Gasteiger partial charge < -0.3 is 10.7 Å². The quantitative estimate of drug-likeness (QED) is 0.848. The summed E-state index contributed by atoms with van der Waals surface area (Å²) in [5.74, 6) is 0.100. The van der Waals surface area contributed by atoms with Gasteiger partial charge in [0.05, 0.1) is 12.2 Å². The third-order valence-electron chi connectivity index (χ3n) is 2.35. The van der Waals surface area contributed by atoms with E-state index in [1.165, 1.54) is 0 Å². The number of imidazole rings is 1. The van der Waals surface area contributed by atoms with Gasteiger partial charge in [-0.05, 0) is 5.56 Å². The number of hydrogen-bond donors (Lipinski definition) is 2. The number of halogens is 3. The minimum absolute atomic E-state index is 0.100. The number of H-pyrrole nitrogens is 1. The molecule has 17 heavy (non-hydrogen) atoms. The molecule has 0 spiro atoms. The Balaban J connectivity index is 2.27. The molecule has 0 amide bonds. The Bertz CT molecular complexity index is 490. The van der Waals surface area contributed by atoms with Gasteiger partial charge in [0.2, 0.25) is 0 Å². The summed E-state index contributed by atoms with van der Waals surface area (Å²) < 4.78 is 37.1. The molecular formula is C11H10F3N3. The number of rotatable bonds is 2. The number of benzene rings is 1. The van der Waals surface area contributed by atoms with Crippen LogP contribution in [-0.4, -0.2) is 9.97 Å². The molecule has 0 aliphatic heterocycles. The van der Waals surface area contributed by atoms with Crippen LogP contribution in [0.15, 0.2) is 36.5 Å². The first kappa shape index (κ1) is 11.7. The van der Waals surface area contributed by atoms with Crippen LogP contribution in [0.25, 0.3) is 0 Å². The number of aromatic amines is 1. The Morgan fingerprint density at radius 2 is 1.82 bits per heavy atom. The summed E-state index contributed by atoms with van der Waals surface area (Å²) in [7, 11) is 0. The molecule has 0 unspecified atom stereocenters. The zero-order valence-electron chi connectivity index (χ0n) is 8.70. The van der Waals surface area contributed by atoms with E-state index < -0.39 is 17.9 Å². The van der Waals surface area contributed by atoms with Crippen molar-refractivity contribution >= 4 is 0 Å². The summed E-state index contributed by atoms with van der Waals surface area (Å²) >= 11 is 0. The molecule has 0 aliphatic carbocycles. The monoisotopic (exact) mass is 241 g/mol. The van der Waals surface area contributed by atoms with Crippen molar-refractivity contribution in [2.45, 2.75) is 12.2 Å². The largest absolute Gasteiger partial charge is 0.432 e. The van der Waals surface area contributed by atoms with E-state index in [-0.39, 0.29) is 5.82 Å². The van der Waals surface area contributed by atoms with Crippen molar-refractivity contribution in [3.05, 3.63) is 53.6 Å². The van der Waals surface area contributed by atoms with E-state index in [1.807, 2.05) is 0 Å². The SMILES string of the molecule is N[C@@H](c1ccccc1)c1ncc(C(F)(F)F)[nH]1. The predicted molar refractivity (Wildman–Crippen MR) is 56.1 cm³/mol. The molecule has 1 aromatic heterocycles. The van der Waals surface area contributed by atoms with E-state index in [0.717, 1.165) is 6.20 Å². The van der Waals surface area contributed by atoms with Crippen LogP contribution in [0, 0.1) is 0 Å². The van der Waals surface area contributed by atoms with E-state index >= 15 is 0 Å². The van der Waals surface area contributed by atoms with Gasteiger partial charge >= 0.3 is 6.18 Å². The number of nitrogens with two attached hydrogens (primary N) is 1. The molecule has 1 atom stereocenters. The number of hydrogen-bond acceptors (Lipinski definition) is 2. The molecular weight excluding hydrogens is 231 g/mol. The van der Waals surface area contributed by atoms with E-state index in [9.17, 15) is 13.2 Å². The van der Waals surface area contributed by atoms with Crippen LogP contribution in [0.5, 0.6) is 0 Å². The van der Waals surface area contributed by atoms with Gasteiger partial charge in [0, 0.05) is 0 Å². The fourth-order valence-corrected chi connectivity index (χ4v) is 1.46.